The van der Waals surface area contributed by atoms with Gasteiger partial charge in [0.2, 0.25) is 0 Å². The number of rotatable bonds is 4. The number of anilines is 1. The summed E-state index contributed by atoms with van der Waals surface area (Å²) < 4.78 is 2.32. The number of nitrogens with zero attached hydrogens (tertiary/aromatic N) is 2. The van der Waals surface area contributed by atoms with Crippen LogP contribution >= 0.6 is 0 Å². The van der Waals surface area contributed by atoms with E-state index in [1.165, 1.54) is 40.7 Å². The summed E-state index contributed by atoms with van der Waals surface area (Å²) in [5.41, 5.74) is 5.18. The van der Waals surface area contributed by atoms with Gasteiger partial charge in [0.1, 0.15) is 0 Å². The molecular formula is C21H25N3. The van der Waals surface area contributed by atoms with Crippen molar-refractivity contribution in [3.05, 3.63) is 65.9 Å². The highest BCUT2D eigenvalue weighted by atomic mass is 15.2. The van der Waals surface area contributed by atoms with Gasteiger partial charge >= 0.3 is 0 Å². The molecule has 1 saturated heterocycles. The standard InChI is InChI=1S/C21H25N3/c1-16-3-8-21-18(13-16)9-12-24(21)14-17-4-6-19(7-5-17)22-20-10-11-23(2)15-20/h3-9,12-13,20,22H,10-11,14-15H2,1-2H3. The molecule has 1 unspecified atom stereocenters. The van der Waals surface area contributed by atoms with Crippen LogP contribution in [0.5, 0.6) is 0 Å². The largest absolute Gasteiger partial charge is 0.381 e. The van der Waals surface area contributed by atoms with Crippen LogP contribution in [-0.4, -0.2) is 35.6 Å². The molecule has 1 atom stereocenters. The Morgan fingerprint density at radius 1 is 1.08 bits per heavy atom. The van der Waals surface area contributed by atoms with E-state index in [-0.39, 0.29) is 0 Å². The maximum absolute atomic E-state index is 3.64. The predicted molar refractivity (Wildman–Crippen MR) is 102 cm³/mol. The molecule has 0 bridgehead atoms. The molecule has 1 aromatic heterocycles. The summed E-state index contributed by atoms with van der Waals surface area (Å²) in [5, 5.41) is 4.96. The number of fused-ring (bicyclic) bond motifs is 1. The van der Waals surface area contributed by atoms with Crippen LogP contribution in [-0.2, 0) is 6.54 Å². The van der Waals surface area contributed by atoms with Gasteiger partial charge in [-0.15, -0.1) is 0 Å². The molecule has 0 radical (unpaired) electrons. The van der Waals surface area contributed by atoms with E-state index in [4.69, 9.17) is 0 Å². The van der Waals surface area contributed by atoms with Gasteiger partial charge in [-0.2, -0.15) is 0 Å². The Bertz CT molecular complexity index is 832. The molecule has 124 valence electrons. The van der Waals surface area contributed by atoms with Crippen LogP contribution in [0.4, 0.5) is 5.69 Å². The summed E-state index contributed by atoms with van der Waals surface area (Å²) in [5.74, 6) is 0. The number of aryl methyl sites for hydroxylation is 1. The fourth-order valence-electron chi connectivity index (χ4n) is 3.65. The summed E-state index contributed by atoms with van der Waals surface area (Å²) in [6, 6.07) is 18.3. The molecule has 1 aliphatic heterocycles. The SMILES string of the molecule is Cc1ccc2c(ccn2Cc2ccc(NC3CCN(C)C3)cc2)c1. The van der Waals surface area contributed by atoms with Crippen LogP contribution in [0.2, 0.25) is 0 Å². The van der Waals surface area contributed by atoms with Gasteiger partial charge < -0.3 is 14.8 Å². The Morgan fingerprint density at radius 3 is 2.67 bits per heavy atom. The third kappa shape index (κ3) is 3.17. The molecule has 4 rings (SSSR count). The Hall–Kier alpha value is -2.26. The van der Waals surface area contributed by atoms with Crippen molar-refractivity contribution in [1.82, 2.24) is 9.47 Å². The number of nitrogens with one attached hydrogen (secondary N) is 1. The smallest absolute Gasteiger partial charge is 0.0483 e. The lowest BCUT2D eigenvalue weighted by atomic mass is 10.1. The van der Waals surface area contributed by atoms with E-state index in [2.05, 4.69) is 83.5 Å². The molecule has 2 heterocycles. The minimum absolute atomic E-state index is 0.581. The highest BCUT2D eigenvalue weighted by Crippen LogP contribution is 2.20. The second kappa shape index (κ2) is 6.33. The van der Waals surface area contributed by atoms with Gasteiger partial charge in [-0.05, 0) is 68.2 Å². The van der Waals surface area contributed by atoms with E-state index in [1.54, 1.807) is 0 Å². The molecule has 24 heavy (non-hydrogen) atoms. The number of hydrogen-bond donors (Lipinski definition) is 1. The van der Waals surface area contributed by atoms with Gasteiger partial charge in [0.05, 0.1) is 0 Å². The zero-order valence-electron chi connectivity index (χ0n) is 14.5. The molecule has 0 aliphatic carbocycles. The van der Waals surface area contributed by atoms with Crippen LogP contribution in [0.25, 0.3) is 10.9 Å². The first kappa shape index (κ1) is 15.3. The average Bonchev–Trinajstić information content (AvgIpc) is 3.15. The van der Waals surface area contributed by atoms with Gasteiger partial charge in [0, 0.05) is 36.5 Å². The zero-order valence-corrected chi connectivity index (χ0v) is 14.5. The van der Waals surface area contributed by atoms with E-state index in [9.17, 15) is 0 Å². The molecule has 3 nitrogen and oxygen atoms in total. The third-order valence-corrected chi connectivity index (χ3v) is 5.00. The third-order valence-electron chi connectivity index (χ3n) is 5.00. The van der Waals surface area contributed by atoms with Gasteiger partial charge in [0.25, 0.3) is 0 Å². The highest BCUT2D eigenvalue weighted by molar-refractivity contribution is 5.80. The summed E-state index contributed by atoms with van der Waals surface area (Å²) >= 11 is 0. The molecule has 0 saturated carbocycles. The second-order valence-corrected chi connectivity index (χ2v) is 7.10. The molecule has 1 aliphatic rings. The average molecular weight is 319 g/mol. The van der Waals surface area contributed by atoms with Crippen molar-refractivity contribution in [2.75, 3.05) is 25.5 Å². The molecule has 1 N–H and O–H groups in total. The van der Waals surface area contributed by atoms with E-state index in [0.29, 0.717) is 6.04 Å². The Labute approximate surface area is 143 Å². The highest BCUT2D eigenvalue weighted by Gasteiger charge is 2.18. The summed E-state index contributed by atoms with van der Waals surface area (Å²) in [4.78, 5) is 2.38. The van der Waals surface area contributed by atoms with Crippen molar-refractivity contribution >= 4 is 16.6 Å². The minimum Gasteiger partial charge on any atom is -0.381 e. The first-order chi connectivity index (χ1) is 11.7. The number of aromatic nitrogens is 1. The Balaban J connectivity index is 1.46. The van der Waals surface area contributed by atoms with Crippen LogP contribution in [0.3, 0.4) is 0 Å². The van der Waals surface area contributed by atoms with Crippen LogP contribution in [0.1, 0.15) is 17.5 Å². The van der Waals surface area contributed by atoms with Crippen molar-refractivity contribution in [3.63, 3.8) is 0 Å². The molecular weight excluding hydrogens is 294 g/mol. The van der Waals surface area contributed by atoms with E-state index in [0.717, 1.165) is 13.1 Å². The molecule has 0 amide bonds. The van der Waals surface area contributed by atoms with Gasteiger partial charge in [0.15, 0.2) is 0 Å². The maximum Gasteiger partial charge on any atom is 0.0483 e. The van der Waals surface area contributed by atoms with E-state index < -0.39 is 0 Å². The van der Waals surface area contributed by atoms with Crippen molar-refractivity contribution in [1.29, 1.82) is 0 Å². The fourth-order valence-corrected chi connectivity index (χ4v) is 3.65. The summed E-state index contributed by atoms with van der Waals surface area (Å²) in [7, 11) is 2.19. The number of benzene rings is 2. The summed E-state index contributed by atoms with van der Waals surface area (Å²) in [6.07, 6.45) is 3.41. The quantitative estimate of drug-likeness (QED) is 0.781. The van der Waals surface area contributed by atoms with Crippen LogP contribution < -0.4 is 5.32 Å². The second-order valence-electron chi connectivity index (χ2n) is 7.10. The molecule has 0 spiro atoms. The first-order valence-electron chi connectivity index (χ1n) is 8.77. The molecule has 2 aromatic carbocycles. The van der Waals surface area contributed by atoms with Gasteiger partial charge in [-0.3, -0.25) is 0 Å². The van der Waals surface area contributed by atoms with Crippen molar-refractivity contribution in [2.45, 2.75) is 25.9 Å². The van der Waals surface area contributed by atoms with Crippen molar-refractivity contribution in [3.8, 4) is 0 Å². The van der Waals surface area contributed by atoms with Gasteiger partial charge in [-0.1, -0.05) is 23.8 Å². The van der Waals surface area contributed by atoms with Crippen molar-refractivity contribution in [2.24, 2.45) is 0 Å². The monoisotopic (exact) mass is 319 g/mol. The maximum atomic E-state index is 3.64. The molecule has 1 fully saturated rings. The lowest BCUT2D eigenvalue weighted by Gasteiger charge is -2.15. The van der Waals surface area contributed by atoms with Crippen LogP contribution in [0, 0.1) is 6.92 Å². The molecule has 3 heteroatoms. The number of likely N-dealkylation sites (N-methyl/N-ethyl adjacent to an activating group) is 1. The van der Waals surface area contributed by atoms with Crippen LogP contribution in [0.15, 0.2) is 54.7 Å². The first-order valence-corrected chi connectivity index (χ1v) is 8.77. The fraction of sp³-hybridized carbons (Fsp3) is 0.333. The zero-order chi connectivity index (χ0) is 16.5. The predicted octanol–water partition coefficient (Wildman–Crippen LogP) is 4.11. The topological polar surface area (TPSA) is 20.2 Å². The lowest BCUT2D eigenvalue weighted by Crippen LogP contribution is -2.23. The number of hydrogen-bond acceptors (Lipinski definition) is 2. The molecule has 3 aromatic rings. The Morgan fingerprint density at radius 2 is 1.92 bits per heavy atom. The van der Waals surface area contributed by atoms with Crippen molar-refractivity contribution < 1.29 is 0 Å². The lowest BCUT2D eigenvalue weighted by molar-refractivity contribution is 0.414. The van der Waals surface area contributed by atoms with E-state index >= 15 is 0 Å². The number of likely N-dealkylation sites (tertiary alicyclic amines) is 1. The van der Waals surface area contributed by atoms with E-state index in [1.807, 2.05) is 0 Å². The minimum atomic E-state index is 0.581. The summed E-state index contributed by atoms with van der Waals surface area (Å²) in [6.45, 7) is 5.38. The normalized spacial score (nSPS) is 18.3. The Kier molecular flexibility index (Phi) is 4.03. The van der Waals surface area contributed by atoms with Gasteiger partial charge in [-0.25, -0.2) is 0 Å².